The van der Waals surface area contributed by atoms with Gasteiger partial charge in [0.2, 0.25) is 0 Å². The zero-order valence-corrected chi connectivity index (χ0v) is 12.3. The highest BCUT2D eigenvalue weighted by Gasteiger charge is 2.16. The molecule has 6 heteroatoms. The molecule has 0 fully saturated rings. The maximum absolute atomic E-state index is 12.1. The average Bonchev–Trinajstić information content (AvgIpc) is 2.54. The number of para-hydroxylation sites is 1. The van der Waals surface area contributed by atoms with Crippen molar-refractivity contribution in [2.75, 3.05) is 19.5 Å². The second-order valence-electron chi connectivity index (χ2n) is 4.34. The minimum absolute atomic E-state index is 0.242. The molecule has 0 spiro atoms. The fourth-order valence-corrected chi connectivity index (χ4v) is 1.84. The van der Waals surface area contributed by atoms with Crippen LogP contribution in [-0.2, 0) is 0 Å². The van der Waals surface area contributed by atoms with Crippen molar-refractivity contribution in [3.8, 4) is 11.5 Å². The highest BCUT2D eigenvalue weighted by Crippen LogP contribution is 2.24. The van der Waals surface area contributed by atoms with Gasteiger partial charge in [0, 0.05) is 11.8 Å². The fourth-order valence-electron chi connectivity index (χ4n) is 1.84. The number of nitrogens with one attached hydrogen (secondary N) is 2. The third-order valence-corrected chi connectivity index (χ3v) is 2.91. The summed E-state index contributed by atoms with van der Waals surface area (Å²) >= 11 is 0. The van der Waals surface area contributed by atoms with Crippen LogP contribution in [0.4, 0.5) is 10.5 Å². The number of imide groups is 1. The number of rotatable bonds is 4. The monoisotopic (exact) mass is 301 g/mol. The Morgan fingerprint density at radius 2 is 1.68 bits per heavy atom. The van der Waals surface area contributed by atoms with Crippen molar-refractivity contribution >= 4 is 17.6 Å². The maximum atomic E-state index is 12.1. The van der Waals surface area contributed by atoms with Gasteiger partial charge in [-0.3, -0.25) is 10.1 Å². The summed E-state index contributed by atoms with van der Waals surface area (Å²) in [5, 5.41) is 4.81. The third kappa shape index (κ3) is 3.76. The summed E-state index contributed by atoms with van der Waals surface area (Å²) in [6.45, 7) is 0. The second kappa shape index (κ2) is 7.12. The smallest absolute Gasteiger partial charge is 0.326 e. The van der Waals surface area contributed by atoms with Gasteiger partial charge in [-0.2, -0.15) is 0 Å². The van der Waals surface area contributed by atoms with Crippen molar-refractivity contribution in [3.63, 3.8) is 0 Å². The van der Waals surface area contributed by atoms with Crippen LogP contribution in [0.25, 0.3) is 0 Å². The van der Waals surface area contributed by atoms with Crippen LogP contribution in [-0.4, -0.2) is 26.2 Å². The van der Waals surface area contributed by atoms with Crippen LogP contribution < -0.4 is 20.1 Å². The lowest BCUT2D eigenvalue weighted by molar-refractivity contribution is 0.0964. The summed E-state index contributed by atoms with van der Waals surface area (Å²) in [4.78, 5) is 23.9. The van der Waals surface area contributed by atoms with E-state index in [1.165, 1.54) is 20.3 Å². The minimum Gasteiger partial charge on any atom is -0.497 e. The van der Waals surface area contributed by atoms with Crippen molar-refractivity contribution in [2.24, 2.45) is 0 Å². The molecule has 2 N–H and O–H groups in total. The molecule has 0 aliphatic carbocycles. The van der Waals surface area contributed by atoms with E-state index in [0.29, 0.717) is 17.2 Å². The molecular weight excluding hydrogens is 285 g/mol. The van der Waals surface area contributed by atoms with Crippen LogP contribution in [0.1, 0.15) is 10.4 Å². The quantitative estimate of drug-likeness (QED) is 0.851. The summed E-state index contributed by atoms with van der Waals surface area (Å²) in [5.74, 6) is 0.319. The van der Waals surface area contributed by atoms with Gasteiger partial charge in [-0.15, -0.1) is 0 Å². The predicted octanol–water partition coefficient (Wildman–Crippen LogP) is 2.67. The molecule has 0 saturated heterocycles. The predicted molar refractivity (Wildman–Crippen MR) is 82.5 cm³/mol. The first-order valence-corrected chi connectivity index (χ1v) is 6.53. The van der Waals surface area contributed by atoms with E-state index in [9.17, 15) is 9.59 Å². The summed E-state index contributed by atoms with van der Waals surface area (Å²) < 4.78 is 10.2. The zero-order valence-electron chi connectivity index (χ0n) is 12.3. The molecule has 22 heavy (non-hydrogen) atoms. The largest absolute Gasteiger partial charge is 0.497 e. The molecule has 0 aliphatic heterocycles. The van der Waals surface area contributed by atoms with Gasteiger partial charge >= 0.3 is 6.03 Å². The Hall–Kier alpha value is -3.02. The van der Waals surface area contributed by atoms with Crippen molar-refractivity contribution in [1.82, 2.24) is 5.32 Å². The number of amides is 3. The highest BCUT2D eigenvalue weighted by molar-refractivity contribution is 6.09. The third-order valence-electron chi connectivity index (χ3n) is 2.91. The zero-order chi connectivity index (χ0) is 15.9. The number of methoxy groups -OCH3 is 2. The van der Waals surface area contributed by atoms with Gasteiger partial charge in [-0.05, 0) is 24.3 Å². The van der Waals surface area contributed by atoms with Crippen molar-refractivity contribution in [3.05, 3.63) is 54.1 Å². The van der Waals surface area contributed by atoms with E-state index in [0.717, 1.165) is 0 Å². The number of carbonyl (C=O) groups excluding carboxylic acids is 2. The molecule has 0 aromatic heterocycles. The topological polar surface area (TPSA) is 76.7 Å². The number of benzene rings is 2. The van der Waals surface area contributed by atoms with Crippen molar-refractivity contribution < 1.29 is 19.1 Å². The lowest BCUT2D eigenvalue weighted by atomic mass is 10.2. The molecule has 0 bridgehead atoms. The molecule has 6 nitrogen and oxygen atoms in total. The molecule has 2 rings (SSSR count). The summed E-state index contributed by atoms with van der Waals surface area (Å²) in [5.41, 5.74) is 0.834. The summed E-state index contributed by atoms with van der Waals surface area (Å²) in [7, 11) is 2.96. The van der Waals surface area contributed by atoms with E-state index in [-0.39, 0.29) is 5.56 Å². The summed E-state index contributed by atoms with van der Waals surface area (Å²) in [6, 6.07) is 12.9. The first-order chi connectivity index (χ1) is 10.6. The number of urea groups is 1. The fraction of sp³-hybridized carbons (Fsp3) is 0.125. The molecule has 2 aromatic rings. The van der Waals surface area contributed by atoms with Gasteiger partial charge < -0.3 is 14.8 Å². The Balaban J connectivity index is 2.07. The van der Waals surface area contributed by atoms with E-state index < -0.39 is 11.9 Å². The minimum atomic E-state index is -0.617. The maximum Gasteiger partial charge on any atom is 0.326 e. The number of anilines is 1. The molecule has 0 unspecified atom stereocenters. The van der Waals surface area contributed by atoms with Crippen molar-refractivity contribution in [1.29, 1.82) is 0 Å². The van der Waals surface area contributed by atoms with Crippen LogP contribution in [0.15, 0.2) is 48.5 Å². The first-order valence-electron chi connectivity index (χ1n) is 6.53. The van der Waals surface area contributed by atoms with Gasteiger partial charge in [0.15, 0.2) is 0 Å². The van der Waals surface area contributed by atoms with Crippen LogP contribution >= 0.6 is 0 Å². The Kier molecular flexibility index (Phi) is 4.98. The Morgan fingerprint density at radius 3 is 2.32 bits per heavy atom. The lowest BCUT2D eigenvalue weighted by Gasteiger charge is -2.10. The van der Waals surface area contributed by atoms with Crippen LogP contribution in [0, 0.1) is 0 Å². The van der Waals surface area contributed by atoms with E-state index >= 15 is 0 Å². The SMILES string of the molecule is COc1ccc([13C](=O)NC(=O)Nc2ccccc2)c(OC)c1. The number of ether oxygens (including phenoxy) is 2. The lowest BCUT2D eigenvalue weighted by Crippen LogP contribution is -2.34. The highest BCUT2D eigenvalue weighted by atomic mass is 16.5. The van der Waals surface area contributed by atoms with Gasteiger partial charge in [0.25, 0.3) is 5.91 Å². The number of hydrogen-bond donors (Lipinski definition) is 2. The Bertz CT molecular complexity index is 671. The molecule has 0 atom stereocenters. The normalized spacial score (nSPS) is 9.73. The molecule has 2 aromatic carbocycles. The molecule has 3 amide bonds. The van der Waals surface area contributed by atoms with E-state index in [2.05, 4.69) is 10.6 Å². The van der Waals surface area contributed by atoms with Crippen LogP contribution in [0.2, 0.25) is 0 Å². The second-order valence-corrected chi connectivity index (χ2v) is 4.34. The molecule has 0 radical (unpaired) electrons. The average molecular weight is 301 g/mol. The Labute approximate surface area is 128 Å². The number of carbonyl (C=O) groups is 2. The molecule has 0 heterocycles. The van der Waals surface area contributed by atoms with E-state index in [1.54, 1.807) is 36.4 Å². The summed E-state index contributed by atoms with van der Waals surface area (Å²) in [6.07, 6.45) is 0. The molecule has 114 valence electrons. The van der Waals surface area contributed by atoms with E-state index in [1.807, 2.05) is 6.07 Å². The molecular formula is C16H16N2O4. The molecule has 0 aliphatic rings. The standard InChI is InChI=1S/C16H16N2O4/c1-21-12-8-9-13(14(10-12)22-2)15(19)18-16(20)17-11-6-4-3-5-7-11/h3-10H,1-2H3,(H2,17,18,19,20)/i15+1. The van der Waals surface area contributed by atoms with Gasteiger partial charge in [-0.1, -0.05) is 18.2 Å². The van der Waals surface area contributed by atoms with Crippen molar-refractivity contribution in [2.45, 2.75) is 0 Å². The van der Waals surface area contributed by atoms with Gasteiger partial charge in [0.1, 0.15) is 11.5 Å². The van der Waals surface area contributed by atoms with Crippen LogP contribution in [0.5, 0.6) is 11.5 Å². The number of hydrogen-bond acceptors (Lipinski definition) is 4. The van der Waals surface area contributed by atoms with Gasteiger partial charge in [0.05, 0.1) is 19.8 Å². The van der Waals surface area contributed by atoms with E-state index in [4.69, 9.17) is 9.47 Å². The first kappa shape index (κ1) is 15.4. The molecule has 0 saturated carbocycles. The Morgan fingerprint density at radius 1 is 0.955 bits per heavy atom. The van der Waals surface area contributed by atoms with Crippen LogP contribution in [0.3, 0.4) is 0 Å². The van der Waals surface area contributed by atoms with Gasteiger partial charge in [-0.25, -0.2) is 4.79 Å².